The number of amides is 2. The van der Waals surface area contributed by atoms with Crippen LogP contribution in [0.3, 0.4) is 0 Å². The third kappa shape index (κ3) is 3.51. The quantitative estimate of drug-likeness (QED) is 0.496. The van der Waals surface area contributed by atoms with Crippen molar-refractivity contribution in [3.63, 3.8) is 0 Å². The second-order valence-electron chi connectivity index (χ2n) is 3.89. The van der Waals surface area contributed by atoms with Crippen LogP contribution in [0.25, 0.3) is 0 Å². The number of nitrogens with one attached hydrogen (secondary N) is 2. The van der Waals surface area contributed by atoms with Crippen LogP contribution in [0.4, 0.5) is 4.79 Å². The zero-order chi connectivity index (χ0) is 10.6. The molecular weight excluding hydrogens is 182 g/mol. The summed E-state index contributed by atoms with van der Waals surface area (Å²) < 4.78 is 0. The molecule has 0 aromatic carbocycles. The number of aliphatic hydroxyl groups excluding tert-OH is 1. The van der Waals surface area contributed by atoms with Gasteiger partial charge in [-0.2, -0.15) is 0 Å². The van der Waals surface area contributed by atoms with Crippen molar-refractivity contribution in [2.45, 2.75) is 44.4 Å². The van der Waals surface area contributed by atoms with Crippen molar-refractivity contribution in [3.05, 3.63) is 0 Å². The molecule has 1 aliphatic rings. The summed E-state index contributed by atoms with van der Waals surface area (Å²) in [6, 6.07) is -0.259. The lowest BCUT2D eigenvalue weighted by Crippen LogP contribution is -2.50. The number of hydrogen-bond acceptors (Lipinski definition) is 3. The fourth-order valence-corrected chi connectivity index (χ4v) is 1.17. The van der Waals surface area contributed by atoms with Crippen molar-refractivity contribution in [2.24, 2.45) is 5.73 Å². The molecule has 0 aromatic heterocycles. The average molecular weight is 201 g/mol. The first-order chi connectivity index (χ1) is 6.59. The number of urea groups is 1. The number of aliphatic hydroxyl groups is 1. The van der Waals surface area contributed by atoms with E-state index in [1.165, 1.54) is 6.42 Å². The Labute approximate surface area is 84.0 Å². The zero-order valence-corrected chi connectivity index (χ0v) is 8.49. The average Bonchev–Trinajstić information content (AvgIpc) is 2.07. The highest BCUT2D eigenvalue weighted by Crippen LogP contribution is 2.17. The van der Waals surface area contributed by atoms with E-state index in [1.54, 1.807) is 6.92 Å². The maximum atomic E-state index is 11.2. The van der Waals surface area contributed by atoms with Gasteiger partial charge in [0.05, 0.1) is 6.10 Å². The second kappa shape index (κ2) is 5.17. The molecule has 2 amide bonds. The minimum atomic E-state index is -0.598. The first-order valence-electron chi connectivity index (χ1n) is 5.07. The van der Waals surface area contributed by atoms with Crippen LogP contribution in [0.15, 0.2) is 0 Å². The molecule has 0 heterocycles. The number of rotatable bonds is 4. The molecule has 0 bridgehead atoms. The minimum Gasteiger partial charge on any atom is -0.392 e. The summed E-state index contributed by atoms with van der Waals surface area (Å²) in [6.45, 7) is 1.91. The third-order valence-electron chi connectivity index (χ3n) is 2.56. The van der Waals surface area contributed by atoms with E-state index < -0.39 is 12.1 Å². The summed E-state index contributed by atoms with van der Waals surface area (Å²) in [5, 5.41) is 14.5. The predicted molar refractivity (Wildman–Crippen MR) is 53.8 cm³/mol. The van der Waals surface area contributed by atoms with Crippen LogP contribution in [0.1, 0.15) is 26.2 Å². The Morgan fingerprint density at radius 1 is 1.64 bits per heavy atom. The van der Waals surface area contributed by atoms with E-state index in [4.69, 9.17) is 10.8 Å². The maximum absolute atomic E-state index is 11.2. The molecule has 1 saturated carbocycles. The molecule has 5 nitrogen and oxygen atoms in total. The summed E-state index contributed by atoms with van der Waals surface area (Å²) in [7, 11) is 0. The predicted octanol–water partition coefficient (Wildman–Crippen LogP) is -0.454. The molecule has 5 N–H and O–H groups in total. The summed E-state index contributed by atoms with van der Waals surface area (Å²) in [5.74, 6) is 0. The zero-order valence-electron chi connectivity index (χ0n) is 8.49. The van der Waals surface area contributed by atoms with Crippen LogP contribution in [0.5, 0.6) is 0 Å². The number of hydrogen-bond donors (Lipinski definition) is 4. The van der Waals surface area contributed by atoms with E-state index in [0.717, 1.165) is 12.8 Å². The molecule has 14 heavy (non-hydrogen) atoms. The minimum absolute atomic E-state index is 0.189. The van der Waals surface area contributed by atoms with Gasteiger partial charge in [0.15, 0.2) is 0 Å². The standard InChI is InChI=1S/C9H19N3O2/c1-6(13)8(10)5-11-9(14)12-7-3-2-4-7/h6-8,13H,2-5,10H2,1H3,(H2,11,12,14). The maximum Gasteiger partial charge on any atom is 0.315 e. The molecular formula is C9H19N3O2. The molecule has 1 rings (SSSR count). The Morgan fingerprint density at radius 2 is 2.29 bits per heavy atom. The molecule has 82 valence electrons. The van der Waals surface area contributed by atoms with Crippen molar-refractivity contribution in [1.29, 1.82) is 0 Å². The van der Waals surface area contributed by atoms with Gasteiger partial charge in [-0.1, -0.05) is 0 Å². The monoisotopic (exact) mass is 201 g/mol. The van der Waals surface area contributed by atoms with E-state index in [1.807, 2.05) is 0 Å². The van der Waals surface area contributed by atoms with Crippen LogP contribution >= 0.6 is 0 Å². The molecule has 2 unspecified atom stereocenters. The first-order valence-corrected chi connectivity index (χ1v) is 5.07. The lowest BCUT2D eigenvalue weighted by atomic mass is 9.93. The van der Waals surface area contributed by atoms with Gasteiger partial charge in [0.25, 0.3) is 0 Å². The van der Waals surface area contributed by atoms with Crippen molar-refractivity contribution < 1.29 is 9.90 Å². The summed E-state index contributed by atoms with van der Waals surface area (Å²) in [5.41, 5.74) is 5.55. The Morgan fingerprint density at radius 3 is 2.71 bits per heavy atom. The van der Waals surface area contributed by atoms with E-state index in [9.17, 15) is 4.79 Å². The highest BCUT2D eigenvalue weighted by Gasteiger charge is 2.19. The van der Waals surface area contributed by atoms with Crippen LogP contribution in [-0.2, 0) is 0 Å². The van der Waals surface area contributed by atoms with E-state index >= 15 is 0 Å². The van der Waals surface area contributed by atoms with E-state index in [0.29, 0.717) is 12.6 Å². The molecule has 0 spiro atoms. The number of nitrogens with two attached hydrogens (primary N) is 1. The Hall–Kier alpha value is -0.810. The highest BCUT2D eigenvalue weighted by atomic mass is 16.3. The topological polar surface area (TPSA) is 87.4 Å². The third-order valence-corrected chi connectivity index (χ3v) is 2.56. The molecule has 0 aromatic rings. The molecule has 1 fully saturated rings. The Balaban J connectivity index is 2.07. The molecule has 1 aliphatic carbocycles. The van der Waals surface area contributed by atoms with Gasteiger partial charge in [0.1, 0.15) is 0 Å². The van der Waals surface area contributed by atoms with E-state index in [2.05, 4.69) is 10.6 Å². The van der Waals surface area contributed by atoms with Gasteiger partial charge >= 0.3 is 6.03 Å². The lowest BCUT2D eigenvalue weighted by molar-refractivity contribution is 0.161. The molecule has 5 heteroatoms. The van der Waals surface area contributed by atoms with Gasteiger partial charge in [0, 0.05) is 18.6 Å². The molecule has 0 radical (unpaired) electrons. The van der Waals surface area contributed by atoms with Crippen molar-refractivity contribution in [1.82, 2.24) is 10.6 Å². The molecule has 0 aliphatic heterocycles. The fourth-order valence-electron chi connectivity index (χ4n) is 1.17. The fraction of sp³-hybridized carbons (Fsp3) is 0.889. The van der Waals surface area contributed by atoms with Crippen LogP contribution < -0.4 is 16.4 Å². The lowest BCUT2D eigenvalue weighted by Gasteiger charge is -2.26. The van der Waals surface area contributed by atoms with Crippen molar-refractivity contribution in [3.8, 4) is 0 Å². The molecule has 0 saturated heterocycles. The van der Waals surface area contributed by atoms with Gasteiger partial charge in [0.2, 0.25) is 0 Å². The van der Waals surface area contributed by atoms with Crippen LogP contribution in [0, 0.1) is 0 Å². The molecule has 2 atom stereocenters. The second-order valence-corrected chi connectivity index (χ2v) is 3.89. The largest absolute Gasteiger partial charge is 0.392 e. The number of carbonyl (C=O) groups excluding carboxylic acids is 1. The summed E-state index contributed by atoms with van der Waals surface area (Å²) in [6.07, 6.45) is 2.73. The van der Waals surface area contributed by atoms with Crippen LogP contribution in [-0.4, -0.2) is 35.9 Å². The Bertz CT molecular complexity index is 192. The smallest absolute Gasteiger partial charge is 0.315 e. The van der Waals surface area contributed by atoms with Gasteiger partial charge in [-0.15, -0.1) is 0 Å². The van der Waals surface area contributed by atoms with Gasteiger partial charge in [-0.05, 0) is 26.2 Å². The van der Waals surface area contributed by atoms with Crippen molar-refractivity contribution in [2.75, 3.05) is 6.54 Å². The summed E-state index contributed by atoms with van der Waals surface area (Å²) in [4.78, 5) is 11.2. The SMILES string of the molecule is CC(O)C(N)CNC(=O)NC1CCC1. The van der Waals surface area contributed by atoms with Gasteiger partial charge in [-0.3, -0.25) is 0 Å². The first kappa shape index (κ1) is 11.3. The Kier molecular flexibility index (Phi) is 4.16. The number of carbonyl (C=O) groups is 1. The van der Waals surface area contributed by atoms with E-state index in [-0.39, 0.29) is 6.03 Å². The van der Waals surface area contributed by atoms with Crippen LogP contribution in [0.2, 0.25) is 0 Å². The van der Waals surface area contributed by atoms with Gasteiger partial charge < -0.3 is 21.5 Å². The van der Waals surface area contributed by atoms with Crippen molar-refractivity contribution >= 4 is 6.03 Å². The highest BCUT2D eigenvalue weighted by molar-refractivity contribution is 5.74. The summed E-state index contributed by atoms with van der Waals surface area (Å²) >= 11 is 0. The normalized spacial score (nSPS) is 20.8. The van der Waals surface area contributed by atoms with Gasteiger partial charge in [-0.25, -0.2) is 4.79 Å².